The van der Waals surface area contributed by atoms with Crippen molar-refractivity contribution in [2.75, 3.05) is 20.3 Å². The summed E-state index contributed by atoms with van der Waals surface area (Å²) >= 11 is 0. The minimum atomic E-state index is -0.496. The molecule has 1 N–H and O–H groups in total. The van der Waals surface area contributed by atoms with Crippen molar-refractivity contribution < 1.29 is 19.1 Å². The van der Waals surface area contributed by atoms with E-state index in [0.29, 0.717) is 39.0 Å². The van der Waals surface area contributed by atoms with Crippen LogP contribution in [0.25, 0.3) is 0 Å². The summed E-state index contributed by atoms with van der Waals surface area (Å²) in [5.74, 6) is 1.28. The van der Waals surface area contributed by atoms with Gasteiger partial charge in [-0.2, -0.15) is 0 Å². The number of amides is 2. The molecule has 3 rings (SSSR count). The lowest BCUT2D eigenvalue weighted by molar-refractivity contribution is -0.141. The molecule has 6 heteroatoms. The number of rotatable bonds is 8. The lowest BCUT2D eigenvalue weighted by Crippen LogP contribution is -2.48. The van der Waals surface area contributed by atoms with E-state index in [1.54, 1.807) is 11.9 Å². The number of aryl methyl sites for hydroxylation is 2. The number of fused-ring (bicyclic) bond motifs is 1. The molecule has 0 saturated heterocycles. The smallest absolute Gasteiger partial charge is 0.242 e. The summed E-state index contributed by atoms with van der Waals surface area (Å²) in [4.78, 5) is 27.3. The first-order chi connectivity index (χ1) is 14.5. The molecule has 2 aromatic rings. The zero-order valence-corrected chi connectivity index (χ0v) is 17.9. The van der Waals surface area contributed by atoms with Crippen LogP contribution in [0.5, 0.6) is 11.5 Å². The Morgan fingerprint density at radius 3 is 2.37 bits per heavy atom. The molecule has 160 valence electrons. The van der Waals surface area contributed by atoms with Crippen molar-refractivity contribution in [1.29, 1.82) is 0 Å². The number of nitrogens with one attached hydrogen (secondary N) is 1. The number of hydrogen-bond donors (Lipinski definition) is 1. The first-order valence-electron chi connectivity index (χ1n) is 10.5. The number of benzene rings is 2. The molecular formula is C24H30N2O4. The Balaban J connectivity index is 1.73. The Morgan fingerprint density at radius 2 is 1.70 bits per heavy atom. The Labute approximate surface area is 178 Å². The maximum atomic E-state index is 13.2. The second-order valence-electron chi connectivity index (χ2n) is 7.52. The van der Waals surface area contributed by atoms with Crippen LogP contribution >= 0.6 is 0 Å². The Hall–Kier alpha value is -3.02. The van der Waals surface area contributed by atoms with E-state index in [-0.39, 0.29) is 11.8 Å². The van der Waals surface area contributed by atoms with E-state index in [1.807, 2.05) is 56.3 Å². The molecule has 0 bridgehead atoms. The van der Waals surface area contributed by atoms with Gasteiger partial charge in [0.25, 0.3) is 0 Å². The number of carbonyl (C=O) groups is 2. The molecule has 1 atom stereocenters. The van der Waals surface area contributed by atoms with Crippen LogP contribution in [0.1, 0.15) is 36.5 Å². The van der Waals surface area contributed by atoms with Crippen molar-refractivity contribution >= 4 is 11.8 Å². The Bertz CT molecular complexity index is 879. The molecule has 0 aliphatic carbocycles. The van der Waals surface area contributed by atoms with E-state index < -0.39 is 6.04 Å². The molecule has 0 spiro atoms. The summed E-state index contributed by atoms with van der Waals surface area (Å²) in [5.41, 5.74) is 3.18. The summed E-state index contributed by atoms with van der Waals surface area (Å²) in [5, 5.41) is 2.69. The van der Waals surface area contributed by atoms with Crippen molar-refractivity contribution in [2.24, 2.45) is 0 Å². The van der Waals surface area contributed by atoms with Gasteiger partial charge in [0.15, 0.2) is 11.5 Å². The second kappa shape index (κ2) is 10.1. The van der Waals surface area contributed by atoms with Gasteiger partial charge in [0.05, 0.1) is 0 Å². The molecule has 2 aromatic carbocycles. The van der Waals surface area contributed by atoms with E-state index in [0.717, 1.165) is 28.2 Å². The highest BCUT2D eigenvalue weighted by Crippen LogP contribution is 2.31. The molecule has 1 aliphatic heterocycles. The largest absolute Gasteiger partial charge is 0.486 e. The molecule has 2 amide bonds. The third-order valence-electron chi connectivity index (χ3n) is 5.34. The maximum absolute atomic E-state index is 13.2. The van der Waals surface area contributed by atoms with Gasteiger partial charge in [-0.15, -0.1) is 0 Å². The van der Waals surface area contributed by atoms with Crippen LogP contribution in [0.4, 0.5) is 0 Å². The first kappa shape index (κ1) is 21.7. The number of hydrogen-bond acceptors (Lipinski definition) is 4. The lowest BCUT2D eigenvalue weighted by atomic mass is 10.1. The average molecular weight is 411 g/mol. The number of ether oxygens (including phenoxy) is 2. The molecule has 0 radical (unpaired) electrons. The molecular weight excluding hydrogens is 380 g/mol. The second-order valence-corrected chi connectivity index (χ2v) is 7.52. The Morgan fingerprint density at radius 1 is 1.03 bits per heavy atom. The fourth-order valence-electron chi connectivity index (χ4n) is 3.61. The van der Waals surface area contributed by atoms with Gasteiger partial charge >= 0.3 is 0 Å². The monoisotopic (exact) mass is 410 g/mol. The van der Waals surface area contributed by atoms with Gasteiger partial charge in [-0.05, 0) is 43.0 Å². The third-order valence-corrected chi connectivity index (χ3v) is 5.34. The molecule has 1 unspecified atom stereocenters. The Kier molecular flexibility index (Phi) is 7.33. The number of likely N-dealkylation sites (N-methyl/N-ethyl adjacent to an activating group) is 1. The van der Waals surface area contributed by atoms with E-state index in [9.17, 15) is 9.59 Å². The summed E-state index contributed by atoms with van der Waals surface area (Å²) in [6.45, 7) is 5.45. The summed E-state index contributed by atoms with van der Waals surface area (Å²) in [6, 6.07) is 13.3. The topological polar surface area (TPSA) is 67.9 Å². The predicted octanol–water partition coefficient (Wildman–Crippen LogP) is 3.25. The van der Waals surface area contributed by atoms with Gasteiger partial charge in [0.1, 0.15) is 19.3 Å². The van der Waals surface area contributed by atoms with E-state index in [2.05, 4.69) is 5.32 Å². The first-order valence-corrected chi connectivity index (χ1v) is 10.5. The van der Waals surface area contributed by atoms with Crippen LogP contribution in [-0.4, -0.2) is 43.0 Å². The van der Waals surface area contributed by atoms with Crippen molar-refractivity contribution in [3.8, 4) is 11.5 Å². The fourth-order valence-corrected chi connectivity index (χ4v) is 3.61. The van der Waals surface area contributed by atoms with Crippen LogP contribution < -0.4 is 14.8 Å². The zero-order valence-electron chi connectivity index (χ0n) is 17.9. The zero-order chi connectivity index (χ0) is 21.5. The molecule has 0 fully saturated rings. The lowest BCUT2D eigenvalue weighted by Gasteiger charge is -2.30. The van der Waals surface area contributed by atoms with Gasteiger partial charge in [-0.25, -0.2) is 0 Å². The molecule has 1 heterocycles. The summed E-state index contributed by atoms with van der Waals surface area (Å²) in [6.07, 6.45) is 1.45. The maximum Gasteiger partial charge on any atom is 0.242 e. The SMILES string of the molecule is CCC(C(=O)NC)N(Cc1ccc(C)cc1)C(=O)CCc1ccc2c(c1)OCCO2. The van der Waals surface area contributed by atoms with Crippen molar-refractivity contribution in [1.82, 2.24) is 10.2 Å². The molecule has 0 saturated carbocycles. The predicted molar refractivity (Wildman–Crippen MR) is 116 cm³/mol. The van der Waals surface area contributed by atoms with Gasteiger partial charge < -0.3 is 19.7 Å². The molecule has 6 nitrogen and oxygen atoms in total. The van der Waals surface area contributed by atoms with Crippen LogP contribution in [0.2, 0.25) is 0 Å². The quantitative estimate of drug-likeness (QED) is 0.725. The van der Waals surface area contributed by atoms with Crippen LogP contribution in [0.15, 0.2) is 42.5 Å². The summed E-state index contributed by atoms with van der Waals surface area (Å²) in [7, 11) is 1.61. The van der Waals surface area contributed by atoms with Crippen LogP contribution in [0, 0.1) is 6.92 Å². The number of nitrogens with zero attached hydrogens (tertiary/aromatic N) is 1. The van der Waals surface area contributed by atoms with Crippen LogP contribution in [-0.2, 0) is 22.6 Å². The minimum Gasteiger partial charge on any atom is -0.486 e. The fraction of sp³-hybridized carbons (Fsp3) is 0.417. The summed E-state index contributed by atoms with van der Waals surface area (Å²) < 4.78 is 11.2. The van der Waals surface area contributed by atoms with Gasteiger partial charge in [-0.3, -0.25) is 9.59 Å². The highest BCUT2D eigenvalue weighted by molar-refractivity contribution is 5.87. The third kappa shape index (κ3) is 5.32. The van der Waals surface area contributed by atoms with Gasteiger partial charge in [0.2, 0.25) is 11.8 Å². The van der Waals surface area contributed by atoms with E-state index in [4.69, 9.17) is 9.47 Å². The highest BCUT2D eigenvalue weighted by Gasteiger charge is 2.27. The molecule has 1 aliphatic rings. The number of carbonyl (C=O) groups excluding carboxylic acids is 2. The van der Waals surface area contributed by atoms with Gasteiger partial charge in [-0.1, -0.05) is 42.8 Å². The minimum absolute atomic E-state index is 0.0408. The molecule has 0 aromatic heterocycles. The van der Waals surface area contributed by atoms with Gasteiger partial charge in [0, 0.05) is 20.0 Å². The van der Waals surface area contributed by atoms with E-state index in [1.165, 1.54) is 0 Å². The van der Waals surface area contributed by atoms with E-state index >= 15 is 0 Å². The van der Waals surface area contributed by atoms with Crippen LogP contribution in [0.3, 0.4) is 0 Å². The van der Waals surface area contributed by atoms with Crippen molar-refractivity contribution in [3.05, 3.63) is 59.2 Å². The van der Waals surface area contributed by atoms with Crippen molar-refractivity contribution in [3.63, 3.8) is 0 Å². The van der Waals surface area contributed by atoms with Crippen molar-refractivity contribution in [2.45, 2.75) is 45.7 Å². The average Bonchev–Trinajstić information content (AvgIpc) is 2.78. The molecule has 30 heavy (non-hydrogen) atoms. The normalized spacial score (nSPS) is 13.4. The standard InChI is InChI=1S/C24H30N2O4/c1-4-20(24(28)25-3)26(16-19-7-5-17(2)6-8-19)23(27)12-10-18-9-11-21-22(15-18)30-14-13-29-21/h5-9,11,15,20H,4,10,12-14,16H2,1-3H3,(H,25,28). The highest BCUT2D eigenvalue weighted by atomic mass is 16.6.